The first-order chi connectivity index (χ1) is 13.1. The molecule has 0 radical (unpaired) electrons. The molecule has 28 heavy (non-hydrogen) atoms. The number of anilines is 1. The van der Waals surface area contributed by atoms with Gasteiger partial charge in [0.25, 0.3) is 5.56 Å². The highest BCUT2D eigenvalue weighted by Gasteiger charge is 2.24. The normalized spacial score (nSPS) is 12.8. The summed E-state index contributed by atoms with van der Waals surface area (Å²) in [5.41, 5.74) is 1.02. The van der Waals surface area contributed by atoms with Gasteiger partial charge < -0.3 is 10.4 Å². The Balaban J connectivity index is 2.12. The molecule has 0 amide bonds. The van der Waals surface area contributed by atoms with Crippen LogP contribution >= 0.6 is 0 Å². The summed E-state index contributed by atoms with van der Waals surface area (Å²) in [6.45, 7) is 5.22. The van der Waals surface area contributed by atoms with E-state index in [0.29, 0.717) is 28.5 Å². The molecule has 0 saturated heterocycles. The number of benzene rings is 1. The average molecular weight is 385 g/mol. The highest BCUT2D eigenvalue weighted by molar-refractivity contribution is 5.79. The zero-order chi connectivity index (χ0) is 20.6. The molecule has 1 atom stereocenters. The lowest BCUT2D eigenvalue weighted by molar-refractivity contribution is 0.0646. The minimum atomic E-state index is -0.960. The lowest BCUT2D eigenvalue weighted by Gasteiger charge is -2.26. The predicted molar refractivity (Wildman–Crippen MR) is 106 cm³/mol. The molecule has 2 N–H and O–H groups in total. The van der Waals surface area contributed by atoms with E-state index in [-0.39, 0.29) is 17.4 Å². The number of aromatic nitrogens is 4. The first-order valence-electron chi connectivity index (χ1n) is 8.94. The van der Waals surface area contributed by atoms with E-state index in [9.17, 15) is 14.3 Å². The summed E-state index contributed by atoms with van der Waals surface area (Å²) in [5.74, 6) is -0.0272. The average Bonchev–Trinajstić information content (AvgIpc) is 2.86. The molecule has 0 aliphatic rings. The Kier molecular flexibility index (Phi) is 5.08. The van der Waals surface area contributed by atoms with Crippen molar-refractivity contribution in [2.24, 2.45) is 14.1 Å². The number of hydrogen-bond donors (Lipinski definition) is 2. The zero-order valence-electron chi connectivity index (χ0n) is 16.6. The van der Waals surface area contributed by atoms with Crippen molar-refractivity contribution in [2.45, 2.75) is 32.4 Å². The van der Waals surface area contributed by atoms with E-state index < -0.39 is 5.60 Å². The van der Waals surface area contributed by atoms with E-state index in [0.717, 1.165) is 0 Å². The van der Waals surface area contributed by atoms with E-state index in [1.807, 2.05) is 6.92 Å². The smallest absolute Gasteiger partial charge is 0.274 e. The van der Waals surface area contributed by atoms with Crippen LogP contribution in [0.1, 0.15) is 20.8 Å². The molecular weight excluding hydrogens is 361 g/mol. The van der Waals surface area contributed by atoms with Crippen LogP contribution in [0.3, 0.4) is 0 Å². The fourth-order valence-corrected chi connectivity index (χ4v) is 2.81. The standard InChI is InChI=1S/C20H24FN5O2/c1-12(20(2,3)28)23-19-22-11-10-15(24-19)17-16(18(27)26(5)25(17)4)13-6-8-14(21)9-7-13/h6-12,28H,1-5H3,(H,22,23,24). The minimum Gasteiger partial charge on any atom is -0.388 e. The summed E-state index contributed by atoms with van der Waals surface area (Å²) >= 11 is 0. The van der Waals surface area contributed by atoms with E-state index in [1.54, 1.807) is 57.0 Å². The fourth-order valence-electron chi connectivity index (χ4n) is 2.81. The molecule has 0 bridgehead atoms. The highest BCUT2D eigenvalue weighted by Crippen LogP contribution is 2.29. The van der Waals surface area contributed by atoms with Gasteiger partial charge in [0.1, 0.15) is 5.82 Å². The molecule has 2 heterocycles. The van der Waals surface area contributed by atoms with Crippen LogP contribution in [-0.4, -0.2) is 36.1 Å². The van der Waals surface area contributed by atoms with Crippen LogP contribution in [0.2, 0.25) is 0 Å². The summed E-state index contributed by atoms with van der Waals surface area (Å²) < 4.78 is 16.5. The number of nitrogens with zero attached hydrogens (tertiary/aromatic N) is 4. The molecule has 0 saturated carbocycles. The van der Waals surface area contributed by atoms with Gasteiger partial charge in [0.15, 0.2) is 0 Å². The van der Waals surface area contributed by atoms with Crippen LogP contribution in [0.4, 0.5) is 10.3 Å². The van der Waals surface area contributed by atoms with Crippen molar-refractivity contribution in [1.29, 1.82) is 0 Å². The maximum atomic E-state index is 13.3. The second-order valence-corrected chi connectivity index (χ2v) is 7.37. The lowest BCUT2D eigenvalue weighted by Crippen LogP contribution is -2.39. The molecule has 7 nitrogen and oxygen atoms in total. The molecule has 0 aliphatic heterocycles. The summed E-state index contributed by atoms with van der Waals surface area (Å²) in [6.07, 6.45) is 1.59. The number of rotatable bonds is 5. The van der Waals surface area contributed by atoms with Gasteiger partial charge >= 0.3 is 0 Å². The third-order valence-corrected chi connectivity index (χ3v) is 4.95. The topological polar surface area (TPSA) is 85.0 Å². The maximum Gasteiger partial charge on any atom is 0.274 e. The van der Waals surface area contributed by atoms with Crippen molar-refractivity contribution in [2.75, 3.05) is 5.32 Å². The summed E-state index contributed by atoms with van der Waals surface area (Å²) in [6, 6.07) is 7.21. The molecular formula is C20H24FN5O2. The largest absolute Gasteiger partial charge is 0.388 e. The van der Waals surface area contributed by atoms with Crippen LogP contribution in [0.25, 0.3) is 22.5 Å². The van der Waals surface area contributed by atoms with E-state index in [4.69, 9.17) is 0 Å². The van der Waals surface area contributed by atoms with Gasteiger partial charge in [-0.1, -0.05) is 12.1 Å². The third-order valence-electron chi connectivity index (χ3n) is 4.95. The molecule has 1 aromatic carbocycles. The quantitative estimate of drug-likeness (QED) is 0.705. The SMILES string of the molecule is CC(Nc1nccc(-c2c(-c3ccc(F)cc3)c(=O)n(C)n2C)n1)C(C)(C)O. The fraction of sp³-hybridized carbons (Fsp3) is 0.350. The van der Waals surface area contributed by atoms with Crippen molar-refractivity contribution in [3.05, 3.63) is 52.7 Å². The number of hydrogen-bond acceptors (Lipinski definition) is 5. The molecule has 148 valence electrons. The van der Waals surface area contributed by atoms with Crippen LogP contribution < -0.4 is 10.9 Å². The van der Waals surface area contributed by atoms with Gasteiger partial charge in [-0.2, -0.15) is 0 Å². The summed E-state index contributed by atoms with van der Waals surface area (Å²) in [4.78, 5) is 21.6. The van der Waals surface area contributed by atoms with E-state index >= 15 is 0 Å². The first kappa shape index (κ1) is 19.8. The summed E-state index contributed by atoms with van der Waals surface area (Å²) in [5, 5.41) is 13.2. The Hall–Kier alpha value is -3.00. The minimum absolute atomic E-state index is 0.206. The van der Waals surface area contributed by atoms with E-state index in [2.05, 4.69) is 15.3 Å². The Labute approximate surface area is 162 Å². The van der Waals surface area contributed by atoms with Crippen molar-refractivity contribution < 1.29 is 9.50 Å². The van der Waals surface area contributed by atoms with Crippen molar-refractivity contribution >= 4 is 5.95 Å². The Morgan fingerprint density at radius 3 is 2.39 bits per heavy atom. The molecule has 8 heteroatoms. The van der Waals surface area contributed by atoms with Crippen molar-refractivity contribution in [3.63, 3.8) is 0 Å². The van der Waals surface area contributed by atoms with Gasteiger partial charge in [0.2, 0.25) is 5.95 Å². The van der Waals surface area contributed by atoms with Crippen molar-refractivity contribution in [3.8, 4) is 22.5 Å². The number of aliphatic hydroxyl groups is 1. The van der Waals surface area contributed by atoms with Gasteiger partial charge in [0.05, 0.1) is 28.6 Å². The zero-order valence-corrected chi connectivity index (χ0v) is 16.6. The van der Waals surface area contributed by atoms with Crippen LogP contribution in [0, 0.1) is 5.82 Å². The Bertz CT molecular complexity index is 1050. The van der Waals surface area contributed by atoms with Gasteiger partial charge in [-0.3, -0.25) is 14.2 Å². The Morgan fingerprint density at radius 2 is 1.79 bits per heavy atom. The monoisotopic (exact) mass is 385 g/mol. The summed E-state index contributed by atoms with van der Waals surface area (Å²) in [7, 11) is 3.42. The van der Waals surface area contributed by atoms with Crippen LogP contribution in [0.15, 0.2) is 41.3 Å². The van der Waals surface area contributed by atoms with Gasteiger partial charge in [-0.15, -0.1) is 0 Å². The molecule has 0 fully saturated rings. The van der Waals surface area contributed by atoms with Gasteiger partial charge in [-0.25, -0.2) is 14.4 Å². The lowest BCUT2D eigenvalue weighted by atomic mass is 10.0. The predicted octanol–water partition coefficient (Wildman–Crippen LogP) is 2.56. The van der Waals surface area contributed by atoms with E-state index in [1.165, 1.54) is 16.8 Å². The van der Waals surface area contributed by atoms with Crippen molar-refractivity contribution in [1.82, 2.24) is 19.3 Å². The number of halogens is 1. The van der Waals surface area contributed by atoms with Crippen LogP contribution in [0.5, 0.6) is 0 Å². The second kappa shape index (κ2) is 7.20. The molecule has 2 aromatic heterocycles. The molecule has 0 spiro atoms. The first-order valence-corrected chi connectivity index (χ1v) is 8.94. The number of nitrogens with one attached hydrogen (secondary N) is 1. The van der Waals surface area contributed by atoms with Gasteiger partial charge in [0, 0.05) is 20.3 Å². The molecule has 0 aliphatic carbocycles. The maximum absolute atomic E-state index is 13.3. The van der Waals surface area contributed by atoms with Gasteiger partial charge in [-0.05, 0) is 44.5 Å². The third kappa shape index (κ3) is 3.68. The second-order valence-electron chi connectivity index (χ2n) is 7.37. The molecule has 3 aromatic rings. The molecule has 1 unspecified atom stereocenters. The highest BCUT2D eigenvalue weighted by atomic mass is 19.1. The Morgan fingerprint density at radius 1 is 1.14 bits per heavy atom. The molecule has 3 rings (SSSR count). The van der Waals surface area contributed by atoms with Crippen LogP contribution in [-0.2, 0) is 14.1 Å².